The number of nitrogens with one attached hydrogen (secondary N) is 1. The molecule has 2 saturated heterocycles. The molecule has 0 saturated carbocycles. The van der Waals surface area contributed by atoms with Crippen molar-refractivity contribution in [2.24, 2.45) is 0 Å². The third-order valence-corrected chi connectivity index (χ3v) is 9.34. The molecule has 2 aromatic heterocycles. The monoisotopic (exact) mass is 645 g/mol. The molecule has 4 heterocycles. The van der Waals surface area contributed by atoms with Gasteiger partial charge in [-0.15, -0.1) is 11.3 Å². The summed E-state index contributed by atoms with van der Waals surface area (Å²) in [7, 11) is 0. The average molecular weight is 646 g/mol. The molecule has 2 aliphatic rings. The lowest BCUT2D eigenvalue weighted by Gasteiger charge is -2.33. The molecule has 2 amide bonds. The van der Waals surface area contributed by atoms with E-state index in [9.17, 15) is 19.1 Å². The lowest BCUT2D eigenvalue weighted by Crippen LogP contribution is -2.50. The molecule has 0 bridgehead atoms. The molecule has 2 N–H and O–H groups in total. The van der Waals surface area contributed by atoms with E-state index in [0.29, 0.717) is 48.7 Å². The van der Waals surface area contributed by atoms with Crippen LogP contribution in [0, 0.1) is 12.4 Å². The van der Waals surface area contributed by atoms with Gasteiger partial charge >= 0.3 is 6.09 Å². The lowest BCUT2D eigenvalue weighted by molar-refractivity contribution is -0.0327. The zero-order valence-corrected chi connectivity index (χ0v) is 26.8. The van der Waals surface area contributed by atoms with Crippen LogP contribution in [0.15, 0.2) is 48.7 Å². The number of rotatable bonds is 5. The van der Waals surface area contributed by atoms with Crippen LogP contribution >= 0.6 is 11.3 Å². The first kappa shape index (κ1) is 31.7. The summed E-state index contributed by atoms with van der Waals surface area (Å²) >= 11 is 1.32. The number of piperidine rings is 1. The quantitative estimate of drug-likeness (QED) is 0.238. The number of thiophene rings is 1. The Balaban J connectivity index is 1.33. The van der Waals surface area contributed by atoms with E-state index in [1.165, 1.54) is 23.5 Å². The summed E-state index contributed by atoms with van der Waals surface area (Å²) in [6, 6.07) is 11.5. The van der Waals surface area contributed by atoms with E-state index < -0.39 is 23.6 Å². The molecular weight excluding hydrogens is 609 g/mol. The van der Waals surface area contributed by atoms with Crippen molar-refractivity contribution in [1.82, 2.24) is 20.0 Å². The number of ether oxygens (including phenoxy) is 2. The Labute approximate surface area is 270 Å². The summed E-state index contributed by atoms with van der Waals surface area (Å²) in [5.41, 5.74) is 2.10. The molecule has 0 unspecified atom stereocenters. The first-order valence-electron chi connectivity index (χ1n) is 15.3. The summed E-state index contributed by atoms with van der Waals surface area (Å²) in [6.45, 7) is 14.4. The van der Waals surface area contributed by atoms with Crippen molar-refractivity contribution < 1.29 is 28.6 Å². The first-order valence-corrected chi connectivity index (χ1v) is 16.2. The molecule has 10 nitrogen and oxygen atoms in total. The summed E-state index contributed by atoms with van der Waals surface area (Å²) in [5.74, 6) is -0.804. The maximum absolute atomic E-state index is 14.8. The molecule has 2 fully saturated rings. The number of alkyl carbamates (subject to hydrolysis) is 1. The normalized spacial score (nSPS) is 20.3. The molecule has 3 atom stereocenters. The van der Waals surface area contributed by atoms with Crippen LogP contribution in [-0.2, 0) is 9.47 Å². The number of fused-ring (bicyclic) bond motifs is 1. The second-order valence-electron chi connectivity index (χ2n) is 12.7. The van der Waals surface area contributed by atoms with Crippen LogP contribution in [0.4, 0.5) is 14.9 Å². The Kier molecular flexibility index (Phi) is 8.83. The van der Waals surface area contributed by atoms with Crippen LogP contribution in [0.1, 0.15) is 55.7 Å². The first-order chi connectivity index (χ1) is 22.0. The van der Waals surface area contributed by atoms with Gasteiger partial charge in [0.25, 0.3) is 5.91 Å². The number of nitrogens with zero attached hydrogens (tertiary/aromatic N) is 4. The Morgan fingerprint density at radius 3 is 2.72 bits per heavy atom. The number of aliphatic hydroxyl groups is 1. The number of benzene rings is 2. The van der Waals surface area contributed by atoms with Crippen molar-refractivity contribution in [3.63, 3.8) is 0 Å². The minimum atomic E-state index is -0.630. The molecule has 240 valence electrons. The highest BCUT2D eigenvalue weighted by molar-refractivity contribution is 7.18. The van der Waals surface area contributed by atoms with Crippen molar-refractivity contribution >= 4 is 39.9 Å². The molecule has 2 aromatic carbocycles. The molecule has 0 aliphatic carbocycles. The topological polar surface area (TPSA) is 110 Å². The number of aliphatic hydroxyl groups excluding tert-OH is 1. The van der Waals surface area contributed by atoms with Gasteiger partial charge in [-0.3, -0.25) is 9.48 Å². The zero-order valence-electron chi connectivity index (χ0n) is 26.0. The number of hydrogen-bond acceptors (Lipinski definition) is 7. The Morgan fingerprint density at radius 2 is 1.98 bits per heavy atom. The molecule has 0 spiro atoms. The Bertz CT molecular complexity index is 1820. The summed E-state index contributed by atoms with van der Waals surface area (Å²) < 4.78 is 27.6. The highest BCUT2D eigenvalue weighted by Crippen LogP contribution is 2.42. The highest BCUT2D eigenvalue weighted by Gasteiger charge is 2.30. The zero-order chi connectivity index (χ0) is 32.6. The number of amides is 2. The smallest absolute Gasteiger partial charge is 0.407 e. The predicted octanol–water partition coefficient (Wildman–Crippen LogP) is 6.57. The summed E-state index contributed by atoms with van der Waals surface area (Å²) in [4.78, 5) is 32.5. The van der Waals surface area contributed by atoms with E-state index >= 15 is 0 Å². The van der Waals surface area contributed by atoms with E-state index in [0.717, 1.165) is 34.2 Å². The van der Waals surface area contributed by atoms with Crippen molar-refractivity contribution in [1.29, 1.82) is 0 Å². The van der Waals surface area contributed by atoms with E-state index in [4.69, 9.17) is 16.0 Å². The molecule has 6 rings (SSSR count). The van der Waals surface area contributed by atoms with Gasteiger partial charge in [0.2, 0.25) is 5.69 Å². The number of aromatic nitrogens is 2. The number of likely N-dealkylation sites (tertiary alicyclic amines) is 1. The minimum absolute atomic E-state index is 0.0728. The van der Waals surface area contributed by atoms with Crippen LogP contribution in [0.5, 0.6) is 0 Å². The van der Waals surface area contributed by atoms with E-state index in [1.54, 1.807) is 42.5 Å². The molecule has 4 aromatic rings. The van der Waals surface area contributed by atoms with Gasteiger partial charge in [0, 0.05) is 47.8 Å². The van der Waals surface area contributed by atoms with Crippen LogP contribution in [0.3, 0.4) is 0 Å². The minimum Gasteiger partial charge on any atom is -0.444 e. The maximum Gasteiger partial charge on any atom is 0.407 e. The number of carbonyl (C=O) groups excluding carboxylic acids is 2. The van der Waals surface area contributed by atoms with E-state index in [2.05, 4.69) is 15.3 Å². The number of halogens is 1. The fourth-order valence-corrected chi connectivity index (χ4v) is 7.06. The second-order valence-corrected chi connectivity index (χ2v) is 13.8. The molecular formula is C34H36FN5O5S. The lowest BCUT2D eigenvalue weighted by atomic mass is 10.0. The van der Waals surface area contributed by atoms with E-state index in [1.807, 2.05) is 24.4 Å². The van der Waals surface area contributed by atoms with Gasteiger partial charge in [-0.05, 0) is 75.4 Å². The number of carbonyl (C=O) groups is 2. The Hall–Kier alpha value is -4.31. The maximum atomic E-state index is 14.8. The molecule has 46 heavy (non-hydrogen) atoms. The van der Waals surface area contributed by atoms with E-state index in [-0.39, 0.29) is 23.7 Å². The molecule has 2 aliphatic heterocycles. The van der Waals surface area contributed by atoms with Crippen molar-refractivity contribution in [3.05, 3.63) is 70.8 Å². The van der Waals surface area contributed by atoms with Gasteiger partial charge in [-0.2, -0.15) is 5.10 Å². The molecule has 12 heteroatoms. The fourth-order valence-electron chi connectivity index (χ4n) is 5.92. The third kappa shape index (κ3) is 6.77. The summed E-state index contributed by atoms with van der Waals surface area (Å²) in [6.07, 6.45) is 2.81. The van der Waals surface area contributed by atoms with Gasteiger partial charge in [0.05, 0.1) is 29.7 Å². The van der Waals surface area contributed by atoms with Crippen LogP contribution in [0.25, 0.3) is 37.3 Å². The van der Waals surface area contributed by atoms with Crippen molar-refractivity contribution in [3.8, 4) is 21.6 Å². The third-order valence-electron chi connectivity index (χ3n) is 8.17. The molecule has 0 radical (unpaired) electrons. The average Bonchev–Trinajstić information content (AvgIpc) is 3.65. The standard InChI is InChI=1S/C34H36FN5O5S/c1-34(2,3)45-33(43)37-23-6-5-12-39(18-23)32(42)30-16-24(20-7-10-27(36-4)25(35)15-20)31(46-30)21-8-9-26-22(14-21)17-40(38-26)28-19-44-13-11-29(28)41/h7-10,14-17,23,28-29,41H,5-6,11-13,18-19H2,1-3H3,(H,37,43)/t23-,28+,29+/m1/s1. The van der Waals surface area contributed by atoms with Crippen LogP contribution < -0.4 is 5.32 Å². The van der Waals surface area contributed by atoms with Gasteiger partial charge < -0.3 is 24.8 Å². The predicted molar refractivity (Wildman–Crippen MR) is 173 cm³/mol. The number of hydrogen-bond donors (Lipinski definition) is 2. The van der Waals surface area contributed by atoms with Crippen molar-refractivity contribution in [2.45, 2.75) is 63.8 Å². The van der Waals surface area contributed by atoms with Gasteiger partial charge in [0.15, 0.2) is 0 Å². The SMILES string of the molecule is [C-]#[N+]c1ccc(-c2cc(C(=O)N3CCC[C@@H](NC(=O)OC(C)(C)C)C3)sc2-c2ccc3nn([C@H]4COCC[C@@H]4O)cc3c2)cc1F. The van der Waals surface area contributed by atoms with Gasteiger partial charge in [-0.1, -0.05) is 18.2 Å². The second kappa shape index (κ2) is 12.8. The van der Waals surface area contributed by atoms with Crippen molar-refractivity contribution in [2.75, 3.05) is 26.3 Å². The van der Waals surface area contributed by atoms with Gasteiger partial charge in [0.1, 0.15) is 17.5 Å². The fraction of sp³-hybridized carbons (Fsp3) is 0.412. The largest absolute Gasteiger partial charge is 0.444 e. The highest BCUT2D eigenvalue weighted by atomic mass is 32.1. The summed E-state index contributed by atoms with van der Waals surface area (Å²) in [5, 5.41) is 18.9. The van der Waals surface area contributed by atoms with Gasteiger partial charge in [-0.25, -0.2) is 14.0 Å². The van der Waals surface area contributed by atoms with Crippen LogP contribution in [-0.4, -0.2) is 75.8 Å². The Morgan fingerprint density at radius 1 is 1.17 bits per heavy atom. The van der Waals surface area contributed by atoms with Crippen LogP contribution in [0.2, 0.25) is 0 Å².